The summed E-state index contributed by atoms with van der Waals surface area (Å²) >= 11 is 0. The molecule has 0 aliphatic carbocycles. The molecule has 20 heavy (non-hydrogen) atoms. The lowest BCUT2D eigenvalue weighted by molar-refractivity contribution is 0.103. The van der Waals surface area contributed by atoms with Crippen molar-refractivity contribution in [2.75, 3.05) is 19.8 Å². The maximum atomic E-state index is 5.79. The van der Waals surface area contributed by atoms with Gasteiger partial charge in [0.25, 0.3) is 0 Å². The van der Waals surface area contributed by atoms with Gasteiger partial charge in [0.15, 0.2) is 0 Å². The Labute approximate surface area is 123 Å². The van der Waals surface area contributed by atoms with Gasteiger partial charge in [0, 0.05) is 17.6 Å². The standard InChI is InChI=1S/C17H27NO2/c1-5-6-11-19-12-13-20-16-10-8-7-9-15(16)14-18-17(2,3)4/h5,7-10,18H,1,6,11-14H2,2-4H3. The van der Waals surface area contributed by atoms with Crippen LogP contribution in [0.15, 0.2) is 36.9 Å². The summed E-state index contributed by atoms with van der Waals surface area (Å²) in [6, 6.07) is 8.12. The molecule has 0 aliphatic rings. The molecule has 0 spiro atoms. The van der Waals surface area contributed by atoms with Crippen LogP contribution in [-0.2, 0) is 11.3 Å². The lowest BCUT2D eigenvalue weighted by Crippen LogP contribution is -2.35. The van der Waals surface area contributed by atoms with Crippen LogP contribution in [0.25, 0.3) is 0 Å². The Morgan fingerprint density at radius 2 is 1.90 bits per heavy atom. The SMILES string of the molecule is C=CCCOCCOc1ccccc1CNC(C)(C)C. The van der Waals surface area contributed by atoms with Crippen molar-refractivity contribution >= 4 is 0 Å². The highest BCUT2D eigenvalue weighted by molar-refractivity contribution is 5.33. The van der Waals surface area contributed by atoms with Gasteiger partial charge in [-0.3, -0.25) is 0 Å². The Balaban J connectivity index is 2.39. The third kappa shape index (κ3) is 7.31. The predicted molar refractivity (Wildman–Crippen MR) is 84.2 cm³/mol. The largest absolute Gasteiger partial charge is 0.491 e. The van der Waals surface area contributed by atoms with Gasteiger partial charge in [0.2, 0.25) is 0 Å². The summed E-state index contributed by atoms with van der Waals surface area (Å²) in [6.45, 7) is 12.8. The molecule has 0 bridgehead atoms. The molecule has 0 saturated heterocycles. The fourth-order valence-corrected chi connectivity index (χ4v) is 1.63. The highest BCUT2D eigenvalue weighted by Crippen LogP contribution is 2.18. The van der Waals surface area contributed by atoms with E-state index >= 15 is 0 Å². The first-order valence-electron chi connectivity index (χ1n) is 7.17. The molecule has 112 valence electrons. The first-order chi connectivity index (χ1) is 9.53. The van der Waals surface area contributed by atoms with E-state index in [2.05, 4.69) is 38.7 Å². The van der Waals surface area contributed by atoms with E-state index in [0.29, 0.717) is 19.8 Å². The number of hydrogen-bond acceptors (Lipinski definition) is 3. The van der Waals surface area contributed by atoms with Crippen molar-refractivity contribution in [2.45, 2.75) is 39.3 Å². The highest BCUT2D eigenvalue weighted by atomic mass is 16.5. The molecular formula is C17H27NO2. The van der Waals surface area contributed by atoms with Gasteiger partial charge in [-0.2, -0.15) is 0 Å². The summed E-state index contributed by atoms with van der Waals surface area (Å²) in [5.74, 6) is 0.927. The molecule has 1 rings (SSSR count). The minimum atomic E-state index is 0.0981. The van der Waals surface area contributed by atoms with Crippen LogP contribution < -0.4 is 10.1 Å². The summed E-state index contributed by atoms with van der Waals surface area (Å²) in [5.41, 5.74) is 1.27. The summed E-state index contributed by atoms with van der Waals surface area (Å²) in [7, 11) is 0. The minimum absolute atomic E-state index is 0.0981. The van der Waals surface area contributed by atoms with Gasteiger partial charge in [-0.15, -0.1) is 6.58 Å². The van der Waals surface area contributed by atoms with Gasteiger partial charge >= 0.3 is 0 Å². The van der Waals surface area contributed by atoms with Gasteiger partial charge in [-0.05, 0) is 33.3 Å². The fraction of sp³-hybridized carbons (Fsp3) is 0.529. The molecular weight excluding hydrogens is 250 g/mol. The number of hydrogen-bond donors (Lipinski definition) is 1. The second-order valence-electron chi connectivity index (χ2n) is 5.75. The van der Waals surface area contributed by atoms with E-state index in [9.17, 15) is 0 Å². The molecule has 0 fully saturated rings. The molecule has 0 aliphatic heterocycles. The minimum Gasteiger partial charge on any atom is -0.491 e. The quantitative estimate of drug-likeness (QED) is 0.553. The van der Waals surface area contributed by atoms with Gasteiger partial charge in [0.05, 0.1) is 13.2 Å². The number of para-hydroxylation sites is 1. The zero-order valence-electron chi connectivity index (χ0n) is 12.9. The molecule has 3 nitrogen and oxygen atoms in total. The van der Waals surface area contributed by atoms with Crippen LogP contribution in [0.1, 0.15) is 32.8 Å². The average molecular weight is 277 g/mol. The van der Waals surface area contributed by atoms with E-state index in [1.165, 1.54) is 5.56 Å². The van der Waals surface area contributed by atoms with Crippen molar-refractivity contribution < 1.29 is 9.47 Å². The monoisotopic (exact) mass is 277 g/mol. The summed E-state index contributed by atoms with van der Waals surface area (Å²) in [5, 5.41) is 3.47. The molecule has 1 aromatic carbocycles. The zero-order valence-corrected chi connectivity index (χ0v) is 12.9. The lowest BCUT2D eigenvalue weighted by Gasteiger charge is -2.21. The zero-order chi connectivity index (χ0) is 14.8. The van der Waals surface area contributed by atoms with Gasteiger partial charge in [0.1, 0.15) is 12.4 Å². The number of rotatable bonds is 9. The van der Waals surface area contributed by atoms with E-state index in [1.807, 2.05) is 24.3 Å². The summed E-state index contributed by atoms with van der Waals surface area (Å²) in [6.07, 6.45) is 2.74. The van der Waals surface area contributed by atoms with Crippen LogP contribution in [0, 0.1) is 0 Å². The Kier molecular flexibility index (Phi) is 7.34. The third-order valence-electron chi connectivity index (χ3n) is 2.73. The molecule has 0 heterocycles. The molecule has 1 aromatic rings. The lowest BCUT2D eigenvalue weighted by atomic mass is 10.1. The van der Waals surface area contributed by atoms with Crippen molar-refractivity contribution in [3.05, 3.63) is 42.5 Å². The number of ether oxygens (including phenoxy) is 2. The second kappa shape index (κ2) is 8.77. The Bertz CT molecular complexity index is 396. The number of nitrogens with one attached hydrogen (secondary N) is 1. The third-order valence-corrected chi connectivity index (χ3v) is 2.73. The molecule has 0 amide bonds. The van der Waals surface area contributed by atoms with Crippen molar-refractivity contribution in [1.82, 2.24) is 5.32 Å². The van der Waals surface area contributed by atoms with E-state index < -0.39 is 0 Å². The normalized spacial score (nSPS) is 11.3. The van der Waals surface area contributed by atoms with Crippen LogP contribution in [-0.4, -0.2) is 25.4 Å². The molecule has 0 aromatic heterocycles. The number of benzene rings is 1. The first kappa shape index (κ1) is 16.7. The molecule has 3 heteroatoms. The van der Waals surface area contributed by atoms with Gasteiger partial charge in [-0.25, -0.2) is 0 Å². The van der Waals surface area contributed by atoms with Crippen LogP contribution in [0.3, 0.4) is 0 Å². The van der Waals surface area contributed by atoms with Crippen LogP contribution >= 0.6 is 0 Å². The van der Waals surface area contributed by atoms with E-state index in [0.717, 1.165) is 18.7 Å². The summed E-state index contributed by atoms with van der Waals surface area (Å²) < 4.78 is 11.2. The Morgan fingerprint density at radius 1 is 1.15 bits per heavy atom. The molecule has 0 unspecified atom stereocenters. The van der Waals surface area contributed by atoms with E-state index in [4.69, 9.17) is 9.47 Å². The molecule has 1 N–H and O–H groups in total. The highest BCUT2D eigenvalue weighted by Gasteiger charge is 2.10. The van der Waals surface area contributed by atoms with Crippen LogP contribution in [0.4, 0.5) is 0 Å². The fourth-order valence-electron chi connectivity index (χ4n) is 1.63. The van der Waals surface area contributed by atoms with Gasteiger partial charge < -0.3 is 14.8 Å². The Hall–Kier alpha value is -1.32. The van der Waals surface area contributed by atoms with Crippen molar-refractivity contribution in [3.8, 4) is 5.75 Å². The van der Waals surface area contributed by atoms with E-state index in [-0.39, 0.29) is 5.54 Å². The van der Waals surface area contributed by atoms with Crippen molar-refractivity contribution in [2.24, 2.45) is 0 Å². The summed E-state index contributed by atoms with van der Waals surface area (Å²) in [4.78, 5) is 0. The van der Waals surface area contributed by atoms with Crippen molar-refractivity contribution in [1.29, 1.82) is 0 Å². The van der Waals surface area contributed by atoms with Crippen molar-refractivity contribution in [3.63, 3.8) is 0 Å². The smallest absolute Gasteiger partial charge is 0.123 e. The van der Waals surface area contributed by atoms with E-state index in [1.54, 1.807) is 0 Å². The maximum Gasteiger partial charge on any atom is 0.123 e. The van der Waals surface area contributed by atoms with Gasteiger partial charge in [-0.1, -0.05) is 24.3 Å². The topological polar surface area (TPSA) is 30.5 Å². The molecule has 0 radical (unpaired) electrons. The molecule has 0 atom stereocenters. The first-order valence-corrected chi connectivity index (χ1v) is 7.17. The molecule has 0 saturated carbocycles. The average Bonchev–Trinajstić information content (AvgIpc) is 2.40. The second-order valence-corrected chi connectivity index (χ2v) is 5.75. The predicted octanol–water partition coefficient (Wildman–Crippen LogP) is 3.55. The van der Waals surface area contributed by atoms with Crippen LogP contribution in [0.5, 0.6) is 5.75 Å². The maximum absolute atomic E-state index is 5.79. The Morgan fingerprint density at radius 3 is 2.60 bits per heavy atom. The van der Waals surface area contributed by atoms with Crippen LogP contribution in [0.2, 0.25) is 0 Å².